The third kappa shape index (κ3) is 4.62. The monoisotopic (exact) mass is 351 g/mol. The molecule has 0 heterocycles. The summed E-state index contributed by atoms with van der Waals surface area (Å²) in [5, 5.41) is 2.60. The molecule has 2 aromatic rings. The predicted molar refractivity (Wildman–Crippen MR) is 87.9 cm³/mol. The molecule has 5 nitrogen and oxygen atoms in total. The van der Waals surface area contributed by atoms with Gasteiger partial charge in [0.25, 0.3) is 5.91 Å². The third-order valence-corrected chi connectivity index (χ3v) is 5.12. The maximum absolute atomic E-state index is 13.5. The lowest BCUT2D eigenvalue weighted by Crippen LogP contribution is -2.23. The van der Waals surface area contributed by atoms with Crippen molar-refractivity contribution in [2.24, 2.45) is 0 Å². The summed E-state index contributed by atoms with van der Waals surface area (Å²) in [6.07, 6.45) is 0. The lowest BCUT2D eigenvalue weighted by Gasteiger charge is -2.08. The van der Waals surface area contributed by atoms with E-state index < -0.39 is 21.6 Å². The number of hydrogen-bond acceptors (Lipinski definition) is 4. The van der Waals surface area contributed by atoms with E-state index in [4.69, 9.17) is 4.74 Å². The van der Waals surface area contributed by atoms with Crippen LogP contribution >= 0.6 is 0 Å². The van der Waals surface area contributed by atoms with Gasteiger partial charge in [-0.25, -0.2) is 12.8 Å². The van der Waals surface area contributed by atoms with Crippen molar-refractivity contribution in [3.63, 3.8) is 0 Å². The zero-order valence-electron chi connectivity index (χ0n) is 13.2. The van der Waals surface area contributed by atoms with Gasteiger partial charge in [0.1, 0.15) is 5.82 Å². The van der Waals surface area contributed by atoms with E-state index in [1.165, 1.54) is 37.4 Å². The summed E-state index contributed by atoms with van der Waals surface area (Å²) in [5.74, 6) is -0.918. The van der Waals surface area contributed by atoms with Crippen LogP contribution in [0.25, 0.3) is 0 Å². The van der Waals surface area contributed by atoms with E-state index in [1.54, 1.807) is 18.2 Å². The SMILES string of the molecule is COCCS(=O)(=O)c1ccc(C(=O)NCc2ccccc2F)cc1. The van der Waals surface area contributed by atoms with Crippen LogP contribution in [0.2, 0.25) is 0 Å². The van der Waals surface area contributed by atoms with Crippen LogP contribution in [-0.2, 0) is 21.1 Å². The van der Waals surface area contributed by atoms with Crippen molar-refractivity contribution in [3.8, 4) is 0 Å². The van der Waals surface area contributed by atoms with Crippen molar-refractivity contribution < 1.29 is 22.3 Å². The Labute approximate surface area is 140 Å². The lowest BCUT2D eigenvalue weighted by molar-refractivity contribution is 0.0950. The van der Waals surface area contributed by atoms with Gasteiger partial charge in [-0.2, -0.15) is 0 Å². The molecule has 0 radical (unpaired) electrons. The Kier molecular flexibility index (Phi) is 6.05. The van der Waals surface area contributed by atoms with E-state index in [9.17, 15) is 17.6 Å². The molecule has 0 saturated carbocycles. The Bertz CT molecular complexity index is 804. The van der Waals surface area contributed by atoms with Gasteiger partial charge in [-0.15, -0.1) is 0 Å². The fraction of sp³-hybridized carbons (Fsp3) is 0.235. The summed E-state index contributed by atoms with van der Waals surface area (Å²) in [7, 11) is -2.00. The molecule has 128 valence electrons. The molecule has 0 spiro atoms. The molecular formula is C17H18FNO4S. The second kappa shape index (κ2) is 8.03. The second-order valence-corrected chi connectivity index (χ2v) is 7.22. The molecule has 1 N–H and O–H groups in total. The molecule has 2 rings (SSSR count). The molecule has 0 atom stereocenters. The van der Waals surface area contributed by atoms with E-state index in [-0.39, 0.29) is 23.8 Å². The van der Waals surface area contributed by atoms with Gasteiger partial charge in [-0.1, -0.05) is 18.2 Å². The topological polar surface area (TPSA) is 72.5 Å². The molecule has 0 aliphatic rings. The van der Waals surface area contributed by atoms with Crippen molar-refractivity contribution >= 4 is 15.7 Å². The molecule has 7 heteroatoms. The maximum Gasteiger partial charge on any atom is 0.251 e. The molecule has 1 amide bonds. The number of carbonyl (C=O) groups is 1. The lowest BCUT2D eigenvalue weighted by atomic mass is 10.2. The van der Waals surface area contributed by atoms with E-state index >= 15 is 0 Å². The highest BCUT2D eigenvalue weighted by Gasteiger charge is 2.15. The fourth-order valence-electron chi connectivity index (χ4n) is 2.04. The first-order chi connectivity index (χ1) is 11.4. The van der Waals surface area contributed by atoms with Gasteiger partial charge in [-0.3, -0.25) is 4.79 Å². The molecule has 2 aromatic carbocycles. The zero-order chi connectivity index (χ0) is 17.6. The molecule has 0 fully saturated rings. The summed E-state index contributed by atoms with van der Waals surface area (Å²) in [6, 6.07) is 11.8. The van der Waals surface area contributed by atoms with Gasteiger partial charge in [-0.05, 0) is 30.3 Å². The minimum absolute atomic E-state index is 0.0550. The van der Waals surface area contributed by atoms with Crippen LogP contribution in [0, 0.1) is 5.82 Å². The molecule has 0 unspecified atom stereocenters. The summed E-state index contributed by atoms with van der Waals surface area (Å²) in [5.41, 5.74) is 0.682. The van der Waals surface area contributed by atoms with Crippen LogP contribution in [0.4, 0.5) is 4.39 Å². The molecule has 0 aromatic heterocycles. The minimum atomic E-state index is -3.43. The largest absolute Gasteiger partial charge is 0.384 e. The van der Waals surface area contributed by atoms with Crippen LogP contribution in [0.3, 0.4) is 0 Å². The van der Waals surface area contributed by atoms with Crippen LogP contribution in [0.15, 0.2) is 53.4 Å². The van der Waals surface area contributed by atoms with E-state index in [2.05, 4.69) is 5.32 Å². The van der Waals surface area contributed by atoms with Gasteiger partial charge >= 0.3 is 0 Å². The average Bonchev–Trinajstić information content (AvgIpc) is 2.59. The number of nitrogens with one attached hydrogen (secondary N) is 1. The number of methoxy groups -OCH3 is 1. The normalized spacial score (nSPS) is 11.2. The fourth-order valence-corrected chi connectivity index (χ4v) is 3.22. The van der Waals surface area contributed by atoms with Crippen molar-refractivity contribution in [1.82, 2.24) is 5.32 Å². The summed E-state index contributed by atoms with van der Waals surface area (Å²) < 4.78 is 42.3. The summed E-state index contributed by atoms with van der Waals surface area (Å²) in [4.78, 5) is 12.2. The Balaban J connectivity index is 2.02. The first-order valence-corrected chi connectivity index (χ1v) is 8.92. The van der Waals surface area contributed by atoms with Crippen LogP contribution in [0.1, 0.15) is 15.9 Å². The molecule has 24 heavy (non-hydrogen) atoms. The van der Waals surface area contributed by atoms with Gasteiger partial charge in [0.05, 0.1) is 17.3 Å². The second-order valence-electron chi connectivity index (χ2n) is 5.11. The molecular weight excluding hydrogens is 333 g/mol. The van der Waals surface area contributed by atoms with Gasteiger partial charge in [0.2, 0.25) is 0 Å². The number of ether oxygens (including phenoxy) is 1. The summed E-state index contributed by atoms with van der Waals surface area (Å²) >= 11 is 0. The van der Waals surface area contributed by atoms with Crippen molar-refractivity contribution in [2.45, 2.75) is 11.4 Å². The van der Waals surface area contributed by atoms with Crippen molar-refractivity contribution in [1.29, 1.82) is 0 Å². The molecule has 0 bridgehead atoms. The van der Waals surface area contributed by atoms with Gasteiger partial charge < -0.3 is 10.1 Å². The van der Waals surface area contributed by atoms with E-state index in [0.29, 0.717) is 11.1 Å². The Hall–Kier alpha value is -2.25. The predicted octanol–water partition coefficient (Wildman–Crippen LogP) is 2.18. The highest BCUT2D eigenvalue weighted by atomic mass is 32.2. The molecule has 0 saturated heterocycles. The minimum Gasteiger partial charge on any atom is -0.384 e. The number of carbonyl (C=O) groups excluding carboxylic acids is 1. The smallest absolute Gasteiger partial charge is 0.251 e. The van der Waals surface area contributed by atoms with Gasteiger partial charge in [0, 0.05) is 24.8 Å². The maximum atomic E-state index is 13.5. The third-order valence-electron chi connectivity index (χ3n) is 3.43. The quantitative estimate of drug-likeness (QED) is 0.830. The number of sulfone groups is 1. The Morgan fingerprint density at radius 1 is 1.12 bits per heavy atom. The van der Waals surface area contributed by atoms with Gasteiger partial charge in [0.15, 0.2) is 9.84 Å². The zero-order valence-corrected chi connectivity index (χ0v) is 14.0. The first-order valence-electron chi connectivity index (χ1n) is 7.27. The number of benzene rings is 2. The highest BCUT2D eigenvalue weighted by Crippen LogP contribution is 2.13. The summed E-state index contributed by atoms with van der Waals surface area (Å²) in [6.45, 7) is 0.159. The number of amides is 1. The molecule has 0 aliphatic heterocycles. The number of rotatable bonds is 7. The number of halogens is 1. The highest BCUT2D eigenvalue weighted by molar-refractivity contribution is 7.91. The first kappa shape index (κ1) is 18.1. The van der Waals surface area contributed by atoms with Crippen LogP contribution in [-0.4, -0.2) is 33.8 Å². The van der Waals surface area contributed by atoms with Crippen LogP contribution in [0.5, 0.6) is 0 Å². The molecule has 0 aliphatic carbocycles. The standard InChI is InChI=1S/C17H18FNO4S/c1-23-10-11-24(21,22)15-8-6-13(7-9-15)17(20)19-12-14-4-2-3-5-16(14)18/h2-9H,10-12H2,1H3,(H,19,20). The van der Waals surface area contributed by atoms with E-state index in [0.717, 1.165) is 0 Å². The number of hydrogen-bond donors (Lipinski definition) is 1. The van der Waals surface area contributed by atoms with Crippen molar-refractivity contribution in [2.75, 3.05) is 19.5 Å². The Morgan fingerprint density at radius 3 is 2.42 bits per heavy atom. The Morgan fingerprint density at radius 2 is 1.79 bits per heavy atom. The van der Waals surface area contributed by atoms with Crippen molar-refractivity contribution in [3.05, 3.63) is 65.5 Å². The van der Waals surface area contributed by atoms with E-state index in [1.807, 2.05) is 0 Å². The van der Waals surface area contributed by atoms with Crippen LogP contribution < -0.4 is 5.32 Å². The average molecular weight is 351 g/mol.